The summed E-state index contributed by atoms with van der Waals surface area (Å²) in [6.45, 7) is 2.02. The van der Waals surface area contributed by atoms with Crippen molar-refractivity contribution >= 4 is 50.8 Å². The molecule has 0 spiro atoms. The molecule has 10 heteroatoms. The van der Waals surface area contributed by atoms with Gasteiger partial charge in [0.05, 0.1) is 10.5 Å². The van der Waals surface area contributed by atoms with Gasteiger partial charge in [-0.2, -0.15) is 4.31 Å². The van der Waals surface area contributed by atoms with Gasteiger partial charge in [-0.05, 0) is 60.9 Å². The van der Waals surface area contributed by atoms with Crippen molar-refractivity contribution in [2.45, 2.75) is 30.9 Å². The fraction of sp³-hybridized carbons (Fsp3) is 0.200. The number of esters is 1. The van der Waals surface area contributed by atoms with Gasteiger partial charge in [0.25, 0.3) is 5.91 Å². The maximum absolute atomic E-state index is 13.2. The predicted octanol–water partition coefficient (Wildman–Crippen LogP) is 4.92. The molecule has 0 saturated heterocycles. The van der Waals surface area contributed by atoms with Crippen LogP contribution in [-0.4, -0.2) is 37.2 Å². The quantitative estimate of drug-likeness (QED) is 0.454. The van der Waals surface area contributed by atoms with Crippen LogP contribution < -0.4 is 5.32 Å². The van der Waals surface area contributed by atoms with Crippen molar-refractivity contribution in [1.29, 1.82) is 0 Å². The second-order valence-corrected chi connectivity index (χ2v) is 10.9. The van der Waals surface area contributed by atoms with E-state index in [0.717, 1.165) is 11.1 Å². The Kier molecular flexibility index (Phi) is 7.47. The molecular formula is C25H22Cl2N2O5S. The van der Waals surface area contributed by atoms with Gasteiger partial charge in [0, 0.05) is 28.8 Å². The Morgan fingerprint density at radius 2 is 1.66 bits per heavy atom. The maximum Gasteiger partial charge on any atom is 0.338 e. The SMILES string of the molecule is CC(OC(=O)c1cccc(S(=O)(=O)N2CCc3ccccc3C2)c1)C(=O)Nc1cc(Cl)cc(Cl)c1. The molecule has 3 aromatic rings. The Hall–Kier alpha value is -2.91. The smallest absolute Gasteiger partial charge is 0.338 e. The van der Waals surface area contributed by atoms with E-state index in [1.807, 2.05) is 24.3 Å². The molecule has 0 aromatic heterocycles. The van der Waals surface area contributed by atoms with Crippen LogP contribution >= 0.6 is 23.2 Å². The third-order valence-corrected chi connectivity index (χ3v) is 7.86. The van der Waals surface area contributed by atoms with E-state index < -0.39 is 28.0 Å². The predicted molar refractivity (Wildman–Crippen MR) is 134 cm³/mol. The van der Waals surface area contributed by atoms with Gasteiger partial charge in [0.1, 0.15) is 0 Å². The molecule has 0 saturated carbocycles. The van der Waals surface area contributed by atoms with E-state index in [2.05, 4.69) is 5.32 Å². The lowest BCUT2D eigenvalue weighted by molar-refractivity contribution is -0.123. The topological polar surface area (TPSA) is 92.8 Å². The summed E-state index contributed by atoms with van der Waals surface area (Å²) in [5, 5.41) is 3.26. The number of amides is 1. The molecule has 1 unspecified atom stereocenters. The van der Waals surface area contributed by atoms with Gasteiger partial charge >= 0.3 is 5.97 Å². The van der Waals surface area contributed by atoms with Gasteiger partial charge in [-0.15, -0.1) is 0 Å². The van der Waals surface area contributed by atoms with Crippen molar-refractivity contribution in [3.05, 3.63) is 93.5 Å². The van der Waals surface area contributed by atoms with Crippen molar-refractivity contribution < 1.29 is 22.7 Å². The van der Waals surface area contributed by atoms with Crippen LogP contribution in [0, 0.1) is 0 Å². The summed E-state index contributed by atoms with van der Waals surface area (Å²) >= 11 is 11.9. The molecule has 1 heterocycles. The van der Waals surface area contributed by atoms with Gasteiger partial charge < -0.3 is 10.1 Å². The number of nitrogens with one attached hydrogen (secondary N) is 1. The molecule has 1 aliphatic heterocycles. The number of ether oxygens (including phenoxy) is 1. The number of fused-ring (bicyclic) bond motifs is 1. The molecule has 0 aliphatic carbocycles. The molecule has 1 amide bonds. The molecule has 0 fully saturated rings. The molecule has 182 valence electrons. The van der Waals surface area contributed by atoms with Crippen LogP contribution in [0.4, 0.5) is 5.69 Å². The van der Waals surface area contributed by atoms with Crippen LogP contribution in [0.1, 0.15) is 28.4 Å². The second-order valence-electron chi connectivity index (χ2n) is 8.08. The molecule has 1 aliphatic rings. The zero-order chi connectivity index (χ0) is 25.2. The average molecular weight is 533 g/mol. The number of hydrogen-bond donors (Lipinski definition) is 1. The molecule has 1 N–H and O–H groups in total. The van der Waals surface area contributed by atoms with Gasteiger partial charge in [0.2, 0.25) is 10.0 Å². The highest BCUT2D eigenvalue weighted by Crippen LogP contribution is 2.26. The Balaban J connectivity index is 1.45. The number of nitrogens with zero attached hydrogens (tertiary/aromatic N) is 1. The minimum absolute atomic E-state index is 0.0167. The lowest BCUT2D eigenvalue weighted by Crippen LogP contribution is -2.36. The summed E-state index contributed by atoms with van der Waals surface area (Å²) in [4.78, 5) is 25.1. The van der Waals surface area contributed by atoms with E-state index in [1.165, 1.54) is 53.7 Å². The number of rotatable bonds is 6. The van der Waals surface area contributed by atoms with E-state index >= 15 is 0 Å². The fourth-order valence-corrected chi connectivity index (χ4v) is 5.75. The van der Waals surface area contributed by atoms with Crippen molar-refractivity contribution in [3.8, 4) is 0 Å². The molecule has 3 aromatic carbocycles. The van der Waals surface area contributed by atoms with Crippen LogP contribution in [0.15, 0.2) is 71.6 Å². The minimum Gasteiger partial charge on any atom is -0.449 e. The summed E-state index contributed by atoms with van der Waals surface area (Å²) in [7, 11) is -3.83. The number of sulfonamides is 1. The second kappa shape index (κ2) is 10.4. The highest BCUT2D eigenvalue weighted by Gasteiger charge is 2.29. The first-order chi connectivity index (χ1) is 16.6. The zero-order valence-corrected chi connectivity index (χ0v) is 21.0. The van der Waals surface area contributed by atoms with Gasteiger partial charge in [-0.3, -0.25) is 4.79 Å². The van der Waals surface area contributed by atoms with Crippen molar-refractivity contribution in [2.75, 3.05) is 11.9 Å². The summed E-state index contributed by atoms with van der Waals surface area (Å²) in [6.07, 6.45) is -0.541. The number of benzene rings is 3. The summed E-state index contributed by atoms with van der Waals surface area (Å²) in [5.74, 6) is -1.41. The van der Waals surface area contributed by atoms with Crippen molar-refractivity contribution in [2.24, 2.45) is 0 Å². The van der Waals surface area contributed by atoms with Crippen LogP contribution in [0.2, 0.25) is 10.0 Å². The highest BCUT2D eigenvalue weighted by atomic mass is 35.5. The number of hydrogen-bond acceptors (Lipinski definition) is 5. The molecule has 7 nitrogen and oxygen atoms in total. The molecule has 1 atom stereocenters. The van der Waals surface area contributed by atoms with E-state index in [9.17, 15) is 18.0 Å². The van der Waals surface area contributed by atoms with Gasteiger partial charge in [0.15, 0.2) is 6.10 Å². The third-order valence-electron chi connectivity index (χ3n) is 5.59. The Morgan fingerprint density at radius 3 is 2.37 bits per heavy atom. The van der Waals surface area contributed by atoms with Crippen LogP contribution in [0.25, 0.3) is 0 Å². The number of carbonyl (C=O) groups excluding carboxylic acids is 2. The maximum atomic E-state index is 13.2. The lowest BCUT2D eigenvalue weighted by Gasteiger charge is -2.28. The standard InChI is InChI=1S/C25H22Cl2N2O5S/c1-16(24(30)28-22-13-20(26)12-21(27)14-22)34-25(31)18-7-4-8-23(11-18)35(32,33)29-10-9-17-5-2-3-6-19(17)15-29/h2-8,11-14,16H,9-10,15H2,1H3,(H,28,30). The van der Waals surface area contributed by atoms with Gasteiger partial charge in [-0.25, -0.2) is 13.2 Å². The van der Waals surface area contributed by atoms with Crippen molar-refractivity contribution in [1.82, 2.24) is 4.31 Å². The van der Waals surface area contributed by atoms with E-state index in [1.54, 1.807) is 0 Å². The minimum atomic E-state index is -3.83. The largest absolute Gasteiger partial charge is 0.449 e. The Labute approximate surface area is 213 Å². The summed E-state index contributed by atoms with van der Waals surface area (Å²) < 4.78 is 33.2. The lowest BCUT2D eigenvalue weighted by atomic mass is 10.0. The first-order valence-electron chi connectivity index (χ1n) is 10.8. The first kappa shape index (κ1) is 25.2. The van der Waals surface area contributed by atoms with E-state index in [4.69, 9.17) is 27.9 Å². The molecule has 35 heavy (non-hydrogen) atoms. The normalized spacial score (nSPS) is 14.6. The first-order valence-corrected chi connectivity index (χ1v) is 13.0. The molecule has 4 rings (SSSR count). The molecule has 0 radical (unpaired) electrons. The number of halogens is 2. The summed E-state index contributed by atoms with van der Waals surface area (Å²) in [5.41, 5.74) is 2.46. The Bertz CT molecular complexity index is 1370. The van der Waals surface area contributed by atoms with Crippen LogP contribution in [-0.2, 0) is 32.5 Å². The van der Waals surface area contributed by atoms with Crippen molar-refractivity contribution in [3.63, 3.8) is 0 Å². The monoisotopic (exact) mass is 532 g/mol. The molecule has 0 bridgehead atoms. The van der Waals surface area contributed by atoms with Gasteiger partial charge in [-0.1, -0.05) is 53.5 Å². The fourth-order valence-electron chi connectivity index (χ4n) is 3.76. The van der Waals surface area contributed by atoms with Crippen LogP contribution in [0.3, 0.4) is 0 Å². The zero-order valence-electron chi connectivity index (χ0n) is 18.7. The Morgan fingerprint density at radius 1 is 0.971 bits per heavy atom. The highest BCUT2D eigenvalue weighted by molar-refractivity contribution is 7.89. The third kappa shape index (κ3) is 5.85. The van der Waals surface area contributed by atoms with E-state index in [-0.39, 0.29) is 17.0 Å². The van der Waals surface area contributed by atoms with E-state index in [0.29, 0.717) is 28.7 Å². The number of anilines is 1. The average Bonchev–Trinajstić information content (AvgIpc) is 2.83. The summed E-state index contributed by atoms with van der Waals surface area (Å²) in [6, 6.07) is 17.9. The molecular weight excluding hydrogens is 511 g/mol. The van der Waals surface area contributed by atoms with Crippen LogP contribution in [0.5, 0.6) is 0 Å². The number of carbonyl (C=O) groups is 2.